The largest absolute Gasteiger partial charge is 0.443 e. The van der Waals surface area contributed by atoms with Crippen LogP contribution in [0.3, 0.4) is 0 Å². The molecule has 1 heterocycles. The minimum absolute atomic E-state index is 0.289. The quantitative estimate of drug-likeness (QED) is 0.664. The van der Waals surface area contributed by atoms with Crippen molar-refractivity contribution in [2.75, 3.05) is 6.54 Å². The lowest BCUT2D eigenvalue weighted by Crippen LogP contribution is -2.46. The molecule has 0 aliphatic heterocycles. The summed E-state index contributed by atoms with van der Waals surface area (Å²) >= 11 is 0. The van der Waals surface area contributed by atoms with E-state index in [-0.39, 0.29) is 6.54 Å². The molecule has 1 aromatic heterocycles. The van der Waals surface area contributed by atoms with E-state index in [1.54, 1.807) is 6.20 Å². The molecule has 6 heteroatoms. The first-order valence-corrected chi connectivity index (χ1v) is 9.15. The molecular weight excluding hydrogens is 342 g/mol. The van der Waals surface area contributed by atoms with Gasteiger partial charge < -0.3 is 20.5 Å². The lowest BCUT2D eigenvalue weighted by atomic mass is 10.0. The van der Waals surface area contributed by atoms with Crippen LogP contribution in [0.2, 0.25) is 0 Å². The third-order valence-corrected chi connectivity index (χ3v) is 3.83. The number of pyridine rings is 1. The molecule has 27 heavy (non-hydrogen) atoms. The molecule has 0 saturated carbocycles. The predicted molar refractivity (Wildman–Crippen MR) is 105 cm³/mol. The van der Waals surface area contributed by atoms with Crippen LogP contribution in [0.4, 0.5) is 4.79 Å². The van der Waals surface area contributed by atoms with Gasteiger partial charge in [-0.3, -0.25) is 4.98 Å². The summed E-state index contributed by atoms with van der Waals surface area (Å²) < 4.78 is 5.54. The number of nitrogens with zero attached hydrogens (tertiary/aromatic N) is 1. The van der Waals surface area contributed by atoms with Gasteiger partial charge in [-0.25, -0.2) is 4.79 Å². The second-order valence-corrected chi connectivity index (χ2v) is 7.53. The first-order valence-electron chi connectivity index (χ1n) is 9.15. The lowest BCUT2D eigenvalue weighted by molar-refractivity contribution is 0.00140. The molecule has 0 spiro atoms. The molecule has 2 atom stereocenters. The highest BCUT2D eigenvalue weighted by molar-refractivity contribution is 5.68. The number of aromatic nitrogens is 1. The fraction of sp³-hybridized carbons (Fsp3) is 0.429. The maximum absolute atomic E-state index is 12.2. The molecule has 0 radical (unpaired) electrons. The first-order chi connectivity index (χ1) is 12.8. The Morgan fingerprint density at radius 1 is 1.15 bits per heavy atom. The highest BCUT2D eigenvalue weighted by Crippen LogP contribution is 2.11. The third-order valence-electron chi connectivity index (χ3n) is 3.83. The molecule has 0 aliphatic rings. The van der Waals surface area contributed by atoms with Crippen LogP contribution in [0, 0.1) is 0 Å². The fourth-order valence-corrected chi connectivity index (χ4v) is 2.56. The highest BCUT2D eigenvalue weighted by atomic mass is 16.6. The molecule has 2 aromatic rings. The van der Waals surface area contributed by atoms with E-state index < -0.39 is 23.8 Å². The highest BCUT2D eigenvalue weighted by Gasteiger charge is 2.25. The van der Waals surface area contributed by atoms with Crippen LogP contribution >= 0.6 is 0 Å². The Balaban J connectivity index is 1.95. The minimum atomic E-state index is -0.848. The molecule has 0 unspecified atom stereocenters. The molecule has 0 fully saturated rings. The topological polar surface area (TPSA) is 83.5 Å². The molecule has 6 nitrogen and oxygen atoms in total. The van der Waals surface area contributed by atoms with Crippen LogP contribution < -0.4 is 10.6 Å². The van der Waals surface area contributed by atoms with E-state index in [1.807, 2.05) is 69.3 Å². The van der Waals surface area contributed by atoms with E-state index in [1.165, 1.54) is 0 Å². The van der Waals surface area contributed by atoms with Crippen LogP contribution in [0.25, 0.3) is 0 Å². The summed E-state index contributed by atoms with van der Waals surface area (Å²) in [5, 5.41) is 16.5. The standard InChI is InChI=1S/C21H29N3O3/c1-21(2,3)24-20(26)27-19(13-16-9-5-4-6-10-16)18(25)15-22-14-17-11-7-8-12-23-17/h4-12,18-19,22,25H,13-15H2,1-3H3,(H,24,26)/t18-,19+/m1/s1. The number of hydrogen-bond acceptors (Lipinski definition) is 5. The van der Waals surface area contributed by atoms with Crippen molar-refractivity contribution in [2.45, 2.75) is 51.5 Å². The van der Waals surface area contributed by atoms with Crippen molar-refractivity contribution in [3.8, 4) is 0 Å². The number of benzene rings is 1. The smallest absolute Gasteiger partial charge is 0.407 e. The number of carbonyl (C=O) groups excluding carboxylic acids is 1. The van der Waals surface area contributed by atoms with Crippen LogP contribution in [-0.2, 0) is 17.7 Å². The Kier molecular flexibility index (Phi) is 7.76. The Bertz CT molecular complexity index is 687. The maximum atomic E-state index is 12.2. The van der Waals surface area contributed by atoms with Crippen molar-refractivity contribution in [1.29, 1.82) is 0 Å². The van der Waals surface area contributed by atoms with Gasteiger partial charge >= 0.3 is 6.09 Å². The molecule has 0 bridgehead atoms. The summed E-state index contributed by atoms with van der Waals surface area (Å²) in [6.07, 6.45) is 0.119. The van der Waals surface area contributed by atoms with Crippen LogP contribution in [0.15, 0.2) is 54.7 Å². The van der Waals surface area contributed by atoms with Crippen LogP contribution in [0.5, 0.6) is 0 Å². The fourth-order valence-electron chi connectivity index (χ4n) is 2.56. The third kappa shape index (κ3) is 8.19. The summed E-state index contributed by atoms with van der Waals surface area (Å²) in [4.78, 5) is 16.4. The monoisotopic (exact) mass is 371 g/mol. The van der Waals surface area contributed by atoms with Gasteiger partial charge in [0.15, 0.2) is 0 Å². The Morgan fingerprint density at radius 2 is 1.85 bits per heavy atom. The maximum Gasteiger partial charge on any atom is 0.407 e. The van der Waals surface area contributed by atoms with Crippen molar-refractivity contribution in [1.82, 2.24) is 15.6 Å². The van der Waals surface area contributed by atoms with Gasteiger partial charge in [0.25, 0.3) is 0 Å². The summed E-state index contributed by atoms with van der Waals surface area (Å²) in [5.74, 6) is 0. The van der Waals surface area contributed by atoms with Gasteiger partial charge in [0, 0.05) is 31.2 Å². The van der Waals surface area contributed by atoms with Crippen molar-refractivity contribution in [3.63, 3.8) is 0 Å². The predicted octanol–water partition coefficient (Wildman–Crippen LogP) is 2.67. The molecule has 0 aliphatic carbocycles. The number of ether oxygens (including phenoxy) is 1. The average molecular weight is 371 g/mol. The summed E-state index contributed by atoms with van der Waals surface area (Å²) in [6, 6.07) is 15.4. The SMILES string of the molecule is CC(C)(C)NC(=O)O[C@@H](Cc1ccccc1)[C@H](O)CNCc1ccccn1. The second-order valence-electron chi connectivity index (χ2n) is 7.53. The Hall–Kier alpha value is -2.44. The number of rotatable bonds is 8. The number of alkyl carbamates (subject to hydrolysis) is 1. The number of carbonyl (C=O) groups is 1. The van der Waals surface area contributed by atoms with E-state index >= 15 is 0 Å². The van der Waals surface area contributed by atoms with Gasteiger partial charge in [-0.15, -0.1) is 0 Å². The average Bonchev–Trinajstić information content (AvgIpc) is 2.61. The van der Waals surface area contributed by atoms with Gasteiger partial charge in [0.2, 0.25) is 0 Å². The van der Waals surface area contributed by atoms with Crippen LogP contribution in [0.1, 0.15) is 32.0 Å². The molecule has 1 aromatic carbocycles. The van der Waals surface area contributed by atoms with Crippen molar-refractivity contribution in [2.24, 2.45) is 0 Å². The zero-order chi connectivity index (χ0) is 19.7. The minimum Gasteiger partial charge on any atom is -0.443 e. The summed E-state index contributed by atoms with van der Waals surface area (Å²) in [7, 11) is 0. The zero-order valence-electron chi connectivity index (χ0n) is 16.2. The van der Waals surface area contributed by atoms with Gasteiger partial charge in [-0.05, 0) is 38.5 Å². The van der Waals surface area contributed by atoms with Gasteiger partial charge in [0.05, 0.1) is 5.69 Å². The number of hydrogen-bond donors (Lipinski definition) is 3. The van der Waals surface area contributed by atoms with E-state index in [4.69, 9.17) is 4.74 Å². The Labute approximate surface area is 161 Å². The molecule has 2 rings (SSSR count). The Morgan fingerprint density at radius 3 is 2.48 bits per heavy atom. The number of amides is 1. The van der Waals surface area contributed by atoms with Crippen molar-refractivity contribution < 1.29 is 14.6 Å². The molecule has 3 N–H and O–H groups in total. The molecule has 1 amide bonds. The number of aliphatic hydroxyl groups is 1. The van der Waals surface area contributed by atoms with E-state index in [0.29, 0.717) is 13.0 Å². The van der Waals surface area contributed by atoms with Crippen molar-refractivity contribution >= 4 is 6.09 Å². The zero-order valence-corrected chi connectivity index (χ0v) is 16.2. The van der Waals surface area contributed by atoms with Gasteiger partial charge in [-0.1, -0.05) is 36.4 Å². The first kappa shape index (κ1) is 20.9. The van der Waals surface area contributed by atoms with E-state index in [2.05, 4.69) is 15.6 Å². The molecular formula is C21H29N3O3. The second kappa shape index (κ2) is 10.0. The van der Waals surface area contributed by atoms with E-state index in [9.17, 15) is 9.90 Å². The van der Waals surface area contributed by atoms with Gasteiger partial charge in [-0.2, -0.15) is 0 Å². The number of nitrogens with one attached hydrogen (secondary N) is 2. The molecule has 0 saturated heterocycles. The van der Waals surface area contributed by atoms with Crippen molar-refractivity contribution in [3.05, 3.63) is 66.0 Å². The summed E-state index contributed by atoms with van der Waals surface area (Å²) in [5.41, 5.74) is 1.47. The van der Waals surface area contributed by atoms with E-state index in [0.717, 1.165) is 11.3 Å². The van der Waals surface area contributed by atoms with Crippen LogP contribution in [-0.4, -0.2) is 40.5 Å². The summed E-state index contributed by atoms with van der Waals surface area (Å²) in [6.45, 7) is 6.46. The molecule has 146 valence electrons. The van der Waals surface area contributed by atoms with Gasteiger partial charge in [0.1, 0.15) is 12.2 Å². The number of aliphatic hydroxyl groups excluding tert-OH is 1. The lowest BCUT2D eigenvalue weighted by Gasteiger charge is -2.27. The normalized spacial score (nSPS) is 13.6.